The average Bonchev–Trinajstić information content (AvgIpc) is 2.65. The number of hydrogen-bond donors (Lipinski definition) is 1. The highest BCUT2D eigenvalue weighted by atomic mass is 16.5. The van der Waals surface area contributed by atoms with Gasteiger partial charge in [-0.3, -0.25) is 4.79 Å². The van der Waals surface area contributed by atoms with Gasteiger partial charge in [-0.25, -0.2) is 10.2 Å². The topological polar surface area (TPSA) is 89.5 Å². The van der Waals surface area contributed by atoms with E-state index in [2.05, 4.69) is 10.5 Å². The fourth-order valence-corrected chi connectivity index (χ4v) is 2.20. The van der Waals surface area contributed by atoms with Gasteiger partial charge in [0.1, 0.15) is 5.75 Å². The summed E-state index contributed by atoms with van der Waals surface area (Å²) in [6, 6.07) is 7.12. The number of morpholine rings is 1. The molecule has 8 nitrogen and oxygen atoms in total. The van der Waals surface area contributed by atoms with E-state index in [0.717, 1.165) is 5.56 Å². The summed E-state index contributed by atoms with van der Waals surface area (Å²) < 4.78 is 15.5. The maximum absolute atomic E-state index is 12.0. The molecule has 1 N–H and O–H groups in total. The molecule has 2 rings (SSSR count). The first-order chi connectivity index (χ1) is 12.1. The van der Waals surface area contributed by atoms with Crippen molar-refractivity contribution in [2.75, 3.05) is 39.5 Å². The number of nitrogens with zero attached hydrogens (tertiary/aromatic N) is 2. The van der Waals surface area contributed by atoms with Crippen LogP contribution in [0.2, 0.25) is 0 Å². The standard InChI is InChI=1S/C17H23N3O5/c1-3-24-17(22)19-18-13(2)14-4-6-15(7-5-14)25-12-16(21)20-8-10-23-11-9-20/h4-7H,3,8-12H2,1-2H3,(H,19,22)/b18-13-. The number of benzene rings is 1. The highest BCUT2D eigenvalue weighted by Gasteiger charge is 2.17. The molecule has 1 heterocycles. The van der Waals surface area contributed by atoms with Gasteiger partial charge in [-0.15, -0.1) is 0 Å². The van der Waals surface area contributed by atoms with Gasteiger partial charge in [-0.2, -0.15) is 5.10 Å². The lowest BCUT2D eigenvalue weighted by atomic mass is 10.1. The number of hydrazone groups is 1. The summed E-state index contributed by atoms with van der Waals surface area (Å²) >= 11 is 0. The molecule has 0 bridgehead atoms. The third-order valence-corrected chi connectivity index (χ3v) is 3.59. The molecular formula is C17H23N3O5. The number of carbonyl (C=O) groups excluding carboxylic acids is 2. The second-order valence-corrected chi connectivity index (χ2v) is 5.34. The lowest BCUT2D eigenvalue weighted by Crippen LogP contribution is -2.42. The summed E-state index contributed by atoms with van der Waals surface area (Å²) in [5.74, 6) is 0.542. The third kappa shape index (κ3) is 6.07. The van der Waals surface area contributed by atoms with Crippen LogP contribution < -0.4 is 10.2 Å². The van der Waals surface area contributed by atoms with Gasteiger partial charge in [0.15, 0.2) is 6.61 Å². The fraction of sp³-hybridized carbons (Fsp3) is 0.471. The quantitative estimate of drug-likeness (QED) is 0.619. The molecule has 8 heteroatoms. The summed E-state index contributed by atoms with van der Waals surface area (Å²) in [5, 5.41) is 3.96. The molecule has 0 aliphatic carbocycles. The van der Waals surface area contributed by atoms with Crippen molar-refractivity contribution in [1.82, 2.24) is 10.3 Å². The highest BCUT2D eigenvalue weighted by Crippen LogP contribution is 2.13. The number of carbonyl (C=O) groups is 2. The van der Waals surface area contributed by atoms with Crippen LogP contribution in [0.1, 0.15) is 19.4 Å². The lowest BCUT2D eigenvalue weighted by Gasteiger charge is -2.26. The molecule has 25 heavy (non-hydrogen) atoms. The first-order valence-electron chi connectivity index (χ1n) is 8.16. The summed E-state index contributed by atoms with van der Waals surface area (Å²) in [6.45, 7) is 6.11. The van der Waals surface area contributed by atoms with E-state index in [0.29, 0.717) is 37.8 Å². The van der Waals surface area contributed by atoms with Gasteiger partial charge in [-0.05, 0) is 43.7 Å². The first kappa shape index (κ1) is 18.7. The van der Waals surface area contributed by atoms with Crippen molar-refractivity contribution in [3.8, 4) is 5.75 Å². The van der Waals surface area contributed by atoms with E-state index < -0.39 is 6.09 Å². The van der Waals surface area contributed by atoms with Gasteiger partial charge in [0.25, 0.3) is 5.91 Å². The Kier molecular flexibility index (Phi) is 7.21. The van der Waals surface area contributed by atoms with Crippen LogP contribution in [0.25, 0.3) is 0 Å². The van der Waals surface area contributed by atoms with Crippen molar-refractivity contribution in [2.24, 2.45) is 5.10 Å². The molecule has 1 aliphatic rings. The lowest BCUT2D eigenvalue weighted by molar-refractivity contribution is -0.137. The summed E-state index contributed by atoms with van der Waals surface area (Å²) in [5.41, 5.74) is 3.76. The van der Waals surface area contributed by atoms with Gasteiger partial charge in [0.05, 0.1) is 25.5 Å². The van der Waals surface area contributed by atoms with Gasteiger partial charge in [0, 0.05) is 13.1 Å². The van der Waals surface area contributed by atoms with E-state index in [9.17, 15) is 9.59 Å². The Bertz CT molecular complexity index is 609. The Morgan fingerprint density at radius 1 is 1.24 bits per heavy atom. The van der Waals surface area contributed by atoms with Gasteiger partial charge < -0.3 is 19.1 Å². The zero-order valence-electron chi connectivity index (χ0n) is 14.5. The Morgan fingerprint density at radius 2 is 1.92 bits per heavy atom. The summed E-state index contributed by atoms with van der Waals surface area (Å²) in [7, 11) is 0. The smallest absolute Gasteiger partial charge is 0.427 e. The normalized spacial score (nSPS) is 14.8. The molecule has 2 amide bonds. The Hall–Kier alpha value is -2.61. The van der Waals surface area contributed by atoms with E-state index in [-0.39, 0.29) is 19.1 Å². The van der Waals surface area contributed by atoms with Crippen LogP contribution in [0.4, 0.5) is 4.79 Å². The average molecular weight is 349 g/mol. The van der Waals surface area contributed by atoms with Crippen LogP contribution in [-0.4, -0.2) is 62.1 Å². The van der Waals surface area contributed by atoms with E-state index in [1.54, 1.807) is 43.0 Å². The van der Waals surface area contributed by atoms with Crippen LogP contribution in [0.15, 0.2) is 29.4 Å². The van der Waals surface area contributed by atoms with Crippen molar-refractivity contribution < 1.29 is 23.8 Å². The molecule has 0 radical (unpaired) electrons. The second kappa shape index (κ2) is 9.63. The third-order valence-electron chi connectivity index (χ3n) is 3.59. The molecule has 0 atom stereocenters. The van der Waals surface area contributed by atoms with Crippen LogP contribution >= 0.6 is 0 Å². The van der Waals surface area contributed by atoms with E-state index in [1.165, 1.54) is 0 Å². The highest BCUT2D eigenvalue weighted by molar-refractivity contribution is 5.99. The van der Waals surface area contributed by atoms with Crippen LogP contribution in [0, 0.1) is 0 Å². The number of hydrogen-bond acceptors (Lipinski definition) is 6. The van der Waals surface area contributed by atoms with E-state index in [1.807, 2.05) is 0 Å². The fourth-order valence-electron chi connectivity index (χ4n) is 2.20. The Morgan fingerprint density at radius 3 is 2.56 bits per heavy atom. The van der Waals surface area contributed by atoms with E-state index in [4.69, 9.17) is 14.2 Å². The molecule has 1 saturated heterocycles. The molecule has 1 fully saturated rings. The van der Waals surface area contributed by atoms with Crippen LogP contribution in [0.3, 0.4) is 0 Å². The number of nitrogens with one attached hydrogen (secondary N) is 1. The zero-order valence-corrected chi connectivity index (χ0v) is 14.5. The number of rotatable bonds is 6. The molecule has 0 saturated carbocycles. The molecule has 1 aromatic carbocycles. The van der Waals surface area contributed by atoms with Crippen molar-refractivity contribution in [3.05, 3.63) is 29.8 Å². The van der Waals surface area contributed by atoms with Crippen molar-refractivity contribution in [2.45, 2.75) is 13.8 Å². The van der Waals surface area contributed by atoms with E-state index >= 15 is 0 Å². The monoisotopic (exact) mass is 349 g/mol. The molecule has 0 unspecified atom stereocenters. The maximum Gasteiger partial charge on any atom is 0.427 e. The number of ether oxygens (including phenoxy) is 3. The SMILES string of the molecule is CCOC(=O)N/N=C(/C)c1ccc(OCC(=O)N2CCOCC2)cc1. The number of amides is 2. The summed E-state index contributed by atoms with van der Waals surface area (Å²) in [4.78, 5) is 25.0. The predicted molar refractivity (Wildman–Crippen MR) is 91.7 cm³/mol. The molecule has 136 valence electrons. The molecule has 0 aromatic heterocycles. The van der Waals surface area contributed by atoms with Crippen molar-refractivity contribution in [3.63, 3.8) is 0 Å². The Balaban J connectivity index is 1.83. The van der Waals surface area contributed by atoms with Crippen LogP contribution in [-0.2, 0) is 14.3 Å². The second-order valence-electron chi connectivity index (χ2n) is 5.34. The van der Waals surface area contributed by atoms with Gasteiger partial charge in [-0.1, -0.05) is 0 Å². The molecule has 1 aliphatic heterocycles. The largest absolute Gasteiger partial charge is 0.484 e. The summed E-state index contributed by atoms with van der Waals surface area (Å²) in [6.07, 6.45) is -0.594. The minimum absolute atomic E-state index is 0.00314. The van der Waals surface area contributed by atoms with Gasteiger partial charge in [0.2, 0.25) is 0 Å². The maximum atomic E-state index is 12.0. The Labute approximate surface area is 146 Å². The minimum atomic E-state index is -0.594. The molecular weight excluding hydrogens is 326 g/mol. The van der Waals surface area contributed by atoms with Crippen LogP contribution in [0.5, 0.6) is 5.75 Å². The minimum Gasteiger partial charge on any atom is -0.484 e. The molecule has 0 spiro atoms. The van der Waals surface area contributed by atoms with Gasteiger partial charge >= 0.3 is 6.09 Å². The molecule has 1 aromatic rings. The predicted octanol–water partition coefficient (Wildman–Crippen LogP) is 1.39. The van der Waals surface area contributed by atoms with Crippen molar-refractivity contribution in [1.29, 1.82) is 0 Å². The first-order valence-corrected chi connectivity index (χ1v) is 8.16. The zero-order chi connectivity index (χ0) is 18.1. The van der Waals surface area contributed by atoms with Crippen molar-refractivity contribution >= 4 is 17.7 Å².